The third-order valence-electron chi connectivity index (χ3n) is 4.64. The van der Waals surface area contributed by atoms with Crippen LogP contribution in [0.2, 0.25) is 0 Å². The third-order valence-corrected chi connectivity index (χ3v) is 4.64. The number of nitrogens with one attached hydrogen (secondary N) is 2. The fourth-order valence-electron chi connectivity index (χ4n) is 3.53. The van der Waals surface area contributed by atoms with Crippen molar-refractivity contribution in [3.8, 4) is 0 Å². The first-order valence-corrected chi connectivity index (χ1v) is 8.65. The number of hydrogen-bond donors (Lipinski definition) is 2. The monoisotopic (exact) mass is 326 g/mol. The fourth-order valence-corrected chi connectivity index (χ4v) is 3.53. The van der Waals surface area contributed by atoms with Crippen LogP contribution in [0.25, 0.3) is 0 Å². The van der Waals surface area contributed by atoms with Crippen molar-refractivity contribution in [1.82, 2.24) is 14.9 Å². The lowest BCUT2D eigenvalue weighted by molar-refractivity contribution is 0.0623. The quantitative estimate of drug-likeness (QED) is 0.904. The average Bonchev–Trinajstić information content (AvgIpc) is 3.06. The molecule has 1 saturated heterocycles. The van der Waals surface area contributed by atoms with Crippen LogP contribution < -0.4 is 5.32 Å². The van der Waals surface area contributed by atoms with Crippen molar-refractivity contribution in [3.63, 3.8) is 0 Å². The summed E-state index contributed by atoms with van der Waals surface area (Å²) >= 11 is 0. The molecule has 2 N–H and O–H groups in total. The summed E-state index contributed by atoms with van der Waals surface area (Å²) in [6.45, 7) is 8.81. The van der Waals surface area contributed by atoms with Gasteiger partial charge in [0.1, 0.15) is 5.82 Å². The van der Waals surface area contributed by atoms with Gasteiger partial charge in [0.2, 0.25) is 0 Å². The fraction of sp³-hybridized carbons (Fsp3) is 0.474. The molecule has 5 heteroatoms. The van der Waals surface area contributed by atoms with Crippen molar-refractivity contribution in [1.29, 1.82) is 0 Å². The van der Waals surface area contributed by atoms with E-state index >= 15 is 0 Å². The summed E-state index contributed by atoms with van der Waals surface area (Å²) in [6.07, 6.45) is 4.75. The molecule has 0 bridgehead atoms. The van der Waals surface area contributed by atoms with E-state index in [1.54, 1.807) is 6.20 Å². The number of piperidine rings is 1. The van der Waals surface area contributed by atoms with E-state index in [2.05, 4.69) is 29.1 Å². The van der Waals surface area contributed by atoms with Crippen LogP contribution in [0.15, 0.2) is 30.6 Å². The second-order valence-electron chi connectivity index (χ2n) is 7.08. The second-order valence-corrected chi connectivity index (χ2v) is 7.08. The standard InChI is InChI=1S/C19H26N4O/c1-13-8-14(2)12-23(11-13)19(24)16-5-4-15(3)17(9-16)22-10-18-20-6-7-21-18/h4-7,9,13-14,22H,8,10-12H2,1-3H3,(H,20,21)/t13-,14-/m1/s1. The molecule has 5 nitrogen and oxygen atoms in total. The minimum absolute atomic E-state index is 0.134. The lowest BCUT2D eigenvalue weighted by Gasteiger charge is -2.35. The van der Waals surface area contributed by atoms with E-state index in [4.69, 9.17) is 0 Å². The van der Waals surface area contributed by atoms with Crippen LogP contribution in [-0.4, -0.2) is 33.9 Å². The van der Waals surface area contributed by atoms with Crippen molar-refractivity contribution in [2.45, 2.75) is 33.7 Å². The molecule has 2 aromatic rings. The number of H-pyrrole nitrogens is 1. The number of imidazole rings is 1. The summed E-state index contributed by atoms with van der Waals surface area (Å²) < 4.78 is 0. The highest BCUT2D eigenvalue weighted by atomic mass is 16.2. The Morgan fingerprint density at radius 2 is 2.08 bits per heavy atom. The summed E-state index contributed by atoms with van der Waals surface area (Å²) in [7, 11) is 0. The Balaban J connectivity index is 1.73. The number of nitrogens with zero attached hydrogens (tertiary/aromatic N) is 2. The van der Waals surface area contributed by atoms with Crippen molar-refractivity contribution in [3.05, 3.63) is 47.5 Å². The number of rotatable bonds is 4. The highest BCUT2D eigenvalue weighted by Gasteiger charge is 2.26. The van der Waals surface area contributed by atoms with Gasteiger partial charge in [0.05, 0.1) is 6.54 Å². The number of amides is 1. The van der Waals surface area contributed by atoms with E-state index in [0.717, 1.165) is 35.7 Å². The Morgan fingerprint density at radius 3 is 2.75 bits per heavy atom. The van der Waals surface area contributed by atoms with Gasteiger partial charge in [-0.15, -0.1) is 0 Å². The molecular formula is C19H26N4O. The highest BCUT2D eigenvalue weighted by Crippen LogP contribution is 2.24. The van der Waals surface area contributed by atoms with E-state index in [1.807, 2.05) is 36.2 Å². The molecule has 1 fully saturated rings. The van der Waals surface area contributed by atoms with E-state index in [-0.39, 0.29) is 5.91 Å². The molecule has 1 aromatic heterocycles. The van der Waals surface area contributed by atoms with Gasteiger partial charge in [-0.2, -0.15) is 0 Å². The van der Waals surface area contributed by atoms with Crippen LogP contribution in [0, 0.1) is 18.8 Å². The maximum absolute atomic E-state index is 12.9. The number of aryl methyl sites for hydroxylation is 1. The predicted octanol–water partition coefficient (Wildman–Crippen LogP) is 3.45. The smallest absolute Gasteiger partial charge is 0.253 e. The van der Waals surface area contributed by atoms with Gasteiger partial charge in [0.25, 0.3) is 5.91 Å². The Labute approximate surface area is 143 Å². The number of anilines is 1. The van der Waals surface area contributed by atoms with E-state index in [0.29, 0.717) is 18.4 Å². The van der Waals surface area contributed by atoms with Crippen molar-refractivity contribution >= 4 is 11.6 Å². The molecule has 128 valence electrons. The summed E-state index contributed by atoms with van der Waals surface area (Å²) in [5, 5.41) is 3.37. The minimum atomic E-state index is 0.134. The first-order chi connectivity index (χ1) is 11.5. The number of aromatic amines is 1. The number of aromatic nitrogens is 2. The molecule has 1 amide bonds. The van der Waals surface area contributed by atoms with Crippen LogP contribution in [0.4, 0.5) is 5.69 Å². The maximum Gasteiger partial charge on any atom is 0.253 e. The molecule has 3 rings (SSSR count). The van der Waals surface area contributed by atoms with E-state index in [9.17, 15) is 4.79 Å². The zero-order valence-corrected chi connectivity index (χ0v) is 14.7. The van der Waals surface area contributed by atoms with Gasteiger partial charge in [-0.25, -0.2) is 4.98 Å². The molecule has 0 spiro atoms. The van der Waals surface area contributed by atoms with Crippen LogP contribution >= 0.6 is 0 Å². The molecule has 0 unspecified atom stereocenters. The van der Waals surface area contributed by atoms with Gasteiger partial charge in [-0.3, -0.25) is 4.79 Å². The topological polar surface area (TPSA) is 61.0 Å². The van der Waals surface area contributed by atoms with Crippen LogP contribution in [0.5, 0.6) is 0 Å². The maximum atomic E-state index is 12.9. The number of carbonyl (C=O) groups is 1. The molecule has 0 radical (unpaired) electrons. The predicted molar refractivity (Wildman–Crippen MR) is 95.9 cm³/mol. The van der Waals surface area contributed by atoms with Crippen molar-refractivity contribution in [2.24, 2.45) is 11.8 Å². The van der Waals surface area contributed by atoms with Crippen LogP contribution in [0.3, 0.4) is 0 Å². The Morgan fingerprint density at radius 1 is 1.33 bits per heavy atom. The molecule has 2 atom stereocenters. The molecule has 1 aromatic carbocycles. The lowest BCUT2D eigenvalue weighted by atomic mass is 9.91. The van der Waals surface area contributed by atoms with Gasteiger partial charge < -0.3 is 15.2 Å². The second kappa shape index (κ2) is 7.07. The Kier molecular flexibility index (Phi) is 4.88. The number of benzene rings is 1. The van der Waals surface area contributed by atoms with Gasteiger partial charge in [-0.05, 0) is 42.9 Å². The summed E-state index contributed by atoms with van der Waals surface area (Å²) in [5.41, 5.74) is 2.86. The summed E-state index contributed by atoms with van der Waals surface area (Å²) in [4.78, 5) is 22.2. The van der Waals surface area contributed by atoms with Crippen molar-refractivity contribution < 1.29 is 4.79 Å². The number of carbonyl (C=O) groups excluding carboxylic acids is 1. The zero-order valence-electron chi connectivity index (χ0n) is 14.7. The lowest BCUT2D eigenvalue weighted by Crippen LogP contribution is -2.42. The molecular weight excluding hydrogens is 300 g/mol. The zero-order chi connectivity index (χ0) is 17.1. The van der Waals surface area contributed by atoms with E-state index < -0.39 is 0 Å². The molecule has 1 aliphatic rings. The third kappa shape index (κ3) is 3.78. The van der Waals surface area contributed by atoms with E-state index in [1.165, 1.54) is 6.42 Å². The van der Waals surface area contributed by atoms with Crippen molar-refractivity contribution in [2.75, 3.05) is 18.4 Å². The highest BCUT2D eigenvalue weighted by molar-refractivity contribution is 5.95. The first-order valence-electron chi connectivity index (χ1n) is 8.65. The summed E-state index contributed by atoms with van der Waals surface area (Å²) in [6, 6.07) is 5.90. The number of hydrogen-bond acceptors (Lipinski definition) is 3. The molecule has 24 heavy (non-hydrogen) atoms. The van der Waals surface area contributed by atoms with Crippen LogP contribution in [0.1, 0.15) is 42.0 Å². The minimum Gasteiger partial charge on any atom is -0.378 e. The van der Waals surface area contributed by atoms with Gasteiger partial charge in [0.15, 0.2) is 0 Å². The largest absolute Gasteiger partial charge is 0.378 e. The average molecular weight is 326 g/mol. The summed E-state index contributed by atoms with van der Waals surface area (Å²) in [5.74, 6) is 2.15. The van der Waals surface area contributed by atoms with Gasteiger partial charge in [-0.1, -0.05) is 19.9 Å². The first kappa shape index (κ1) is 16.6. The molecule has 0 aliphatic carbocycles. The Bertz CT molecular complexity index is 685. The molecule has 2 heterocycles. The molecule has 0 saturated carbocycles. The van der Waals surface area contributed by atoms with Gasteiger partial charge >= 0.3 is 0 Å². The van der Waals surface area contributed by atoms with Gasteiger partial charge in [0, 0.05) is 36.7 Å². The molecule has 1 aliphatic heterocycles. The SMILES string of the molecule is Cc1ccc(C(=O)N2C[C@H](C)C[C@@H](C)C2)cc1NCc1ncc[nH]1. The van der Waals surface area contributed by atoms with Crippen LogP contribution in [-0.2, 0) is 6.54 Å². The normalized spacial score (nSPS) is 20.9. The number of likely N-dealkylation sites (tertiary alicyclic amines) is 1. The Hall–Kier alpha value is -2.30.